The SMILES string of the molecule is Cc1ccc(N(c2ccc(C)cc2)c2ccc(N(c3ccc(C(C)(C)C)cc3)c3cc(C)cc(N(c4ccc(C(C)(C)C)cc4)c4csc5ccc(C(C)(C)C)cc45)c3Cl)c3c4ccccc4n(C)c23)cc1. The number of hydrogen-bond acceptors (Lipinski definition) is 4. The third kappa shape index (κ3) is 8.96. The number of rotatable bonds is 9. The van der Waals surface area contributed by atoms with Gasteiger partial charge in [0.25, 0.3) is 0 Å². The standard InChI is InChI=1S/C66H67ClN4S/c1-42-18-27-48(28-19-42)69(49-29-20-43(2)21-30-49)56-36-35-55(61-52-16-14-15-17-54(52)68(13)63(56)61)70(50-31-22-45(23-32-50)64(4,5)6)57-38-44(3)39-58(62(57)67)71(51-33-24-46(25-34-51)65(7,8)9)59-41-72-60-37-26-47(40-53(59)60)66(10,11)12/h14-41H,1-13H3. The van der Waals surface area contributed by atoms with Crippen molar-refractivity contribution in [1.82, 2.24) is 4.57 Å². The average molecular weight is 984 g/mol. The predicted octanol–water partition coefficient (Wildman–Crippen LogP) is 20.4. The van der Waals surface area contributed by atoms with Gasteiger partial charge in [-0.05, 0) is 150 Å². The van der Waals surface area contributed by atoms with Gasteiger partial charge < -0.3 is 19.3 Å². The third-order valence-electron chi connectivity index (χ3n) is 14.4. The smallest absolute Gasteiger partial charge is 0.0887 e. The Balaban J connectivity index is 1.27. The van der Waals surface area contributed by atoms with Gasteiger partial charge in [0.05, 0.1) is 39.0 Å². The minimum Gasteiger partial charge on any atom is -0.342 e. The third-order valence-corrected chi connectivity index (χ3v) is 15.7. The molecule has 2 heterocycles. The summed E-state index contributed by atoms with van der Waals surface area (Å²) >= 11 is 10.0. The highest BCUT2D eigenvalue weighted by Crippen LogP contribution is 2.53. The van der Waals surface area contributed by atoms with Crippen LogP contribution in [0.4, 0.5) is 51.2 Å². The van der Waals surface area contributed by atoms with E-state index in [2.05, 4.69) is 279 Å². The van der Waals surface area contributed by atoms with E-state index in [1.165, 1.54) is 43.3 Å². The van der Waals surface area contributed by atoms with Crippen LogP contribution in [0, 0.1) is 20.8 Å². The molecule has 0 bridgehead atoms. The highest BCUT2D eigenvalue weighted by atomic mass is 35.5. The summed E-state index contributed by atoms with van der Waals surface area (Å²) in [5.41, 5.74) is 18.9. The van der Waals surface area contributed by atoms with Gasteiger partial charge in [-0.3, -0.25) is 0 Å². The first-order chi connectivity index (χ1) is 34.2. The Morgan fingerprint density at radius 1 is 0.417 bits per heavy atom. The fourth-order valence-electron chi connectivity index (χ4n) is 10.2. The number of fused-ring (bicyclic) bond motifs is 4. The largest absolute Gasteiger partial charge is 0.342 e. The van der Waals surface area contributed by atoms with Crippen LogP contribution >= 0.6 is 22.9 Å². The highest BCUT2D eigenvalue weighted by Gasteiger charge is 2.30. The van der Waals surface area contributed by atoms with Gasteiger partial charge in [-0.15, -0.1) is 11.3 Å². The van der Waals surface area contributed by atoms with Gasteiger partial charge in [-0.1, -0.05) is 158 Å². The second-order valence-electron chi connectivity index (χ2n) is 22.9. The zero-order valence-electron chi connectivity index (χ0n) is 44.2. The second kappa shape index (κ2) is 18.4. The van der Waals surface area contributed by atoms with E-state index in [9.17, 15) is 0 Å². The maximum atomic E-state index is 8.25. The van der Waals surface area contributed by atoms with Gasteiger partial charge in [0.2, 0.25) is 0 Å². The first-order valence-corrected chi connectivity index (χ1v) is 26.5. The van der Waals surface area contributed by atoms with Crippen LogP contribution < -0.4 is 14.7 Å². The number of hydrogen-bond donors (Lipinski definition) is 0. The van der Waals surface area contributed by atoms with E-state index in [1.54, 1.807) is 11.3 Å². The Hall–Kier alpha value is -6.79. The molecule has 10 rings (SSSR count). The molecule has 0 radical (unpaired) electrons. The Bertz CT molecular complexity index is 3570. The van der Waals surface area contributed by atoms with E-state index < -0.39 is 0 Å². The number of nitrogens with zero attached hydrogens (tertiary/aromatic N) is 4. The molecule has 0 unspecified atom stereocenters. The molecule has 8 aromatic carbocycles. The summed E-state index contributed by atoms with van der Waals surface area (Å²) in [4.78, 5) is 7.22. The van der Waals surface area contributed by atoms with Crippen molar-refractivity contribution in [3.8, 4) is 0 Å². The van der Waals surface area contributed by atoms with Crippen molar-refractivity contribution in [1.29, 1.82) is 0 Å². The average Bonchev–Trinajstić information content (AvgIpc) is 3.90. The molecule has 4 nitrogen and oxygen atoms in total. The molecule has 0 amide bonds. The van der Waals surface area contributed by atoms with Gasteiger partial charge in [0, 0.05) is 61.6 Å². The maximum Gasteiger partial charge on any atom is 0.0887 e. The molecular weight excluding hydrogens is 916 g/mol. The number of aromatic nitrogens is 1. The number of benzene rings is 8. The first kappa shape index (κ1) is 48.8. The lowest BCUT2D eigenvalue weighted by molar-refractivity contribution is 0.590. The maximum absolute atomic E-state index is 8.25. The van der Waals surface area contributed by atoms with E-state index in [4.69, 9.17) is 11.6 Å². The zero-order valence-corrected chi connectivity index (χ0v) is 45.8. The summed E-state index contributed by atoms with van der Waals surface area (Å²) in [5, 5.41) is 6.48. The number of thiophene rings is 1. The van der Waals surface area contributed by atoms with Crippen molar-refractivity contribution < 1.29 is 0 Å². The molecule has 2 aromatic heterocycles. The fourth-order valence-corrected chi connectivity index (χ4v) is 11.4. The lowest BCUT2D eigenvalue weighted by atomic mass is 9.86. The molecular formula is C66H67ClN4S. The highest BCUT2D eigenvalue weighted by molar-refractivity contribution is 7.17. The fraction of sp³-hybridized carbons (Fsp3) is 0.242. The molecule has 0 atom stereocenters. The summed E-state index contributed by atoms with van der Waals surface area (Å²) < 4.78 is 3.61. The van der Waals surface area contributed by atoms with Crippen molar-refractivity contribution in [2.24, 2.45) is 7.05 Å². The van der Waals surface area contributed by atoms with Gasteiger partial charge in [-0.25, -0.2) is 0 Å². The number of halogens is 1. The van der Waals surface area contributed by atoms with Crippen molar-refractivity contribution in [3.63, 3.8) is 0 Å². The molecule has 0 fully saturated rings. The van der Waals surface area contributed by atoms with E-state index in [1.807, 2.05) is 0 Å². The summed E-state index contributed by atoms with van der Waals surface area (Å²) in [5.74, 6) is 0. The van der Waals surface area contributed by atoms with E-state index in [-0.39, 0.29) is 16.2 Å². The minimum atomic E-state index is -0.0311. The van der Waals surface area contributed by atoms with Crippen molar-refractivity contribution in [2.75, 3.05) is 14.7 Å². The molecule has 0 spiro atoms. The number of para-hydroxylation sites is 1. The van der Waals surface area contributed by atoms with Crippen LogP contribution in [-0.4, -0.2) is 4.57 Å². The van der Waals surface area contributed by atoms with E-state index in [0.29, 0.717) is 5.02 Å². The quantitative estimate of drug-likeness (QED) is 0.143. The van der Waals surface area contributed by atoms with Crippen molar-refractivity contribution >= 4 is 106 Å². The Morgan fingerprint density at radius 3 is 1.38 bits per heavy atom. The van der Waals surface area contributed by atoms with Crippen molar-refractivity contribution in [3.05, 3.63) is 208 Å². The minimum absolute atomic E-state index is 0.00294. The topological polar surface area (TPSA) is 14.7 Å². The molecule has 6 heteroatoms. The normalized spacial score (nSPS) is 12.3. The molecule has 72 heavy (non-hydrogen) atoms. The van der Waals surface area contributed by atoms with E-state index >= 15 is 0 Å². The zero-order chi connectivity index (χ0) is 51.0. The number of anilines is 9. The van der Waals surface area contributed by atoms with Crippen LogP contribution in [0.15, 0.2) is 169 Å². The van der Waals surface area contributed by atoms with Gasteiger partial charge in [-0.2, -0.15) is 0 Å². The molecule has 0 aliphatic rings. The van der Waals surface area contributed by atoms with Crippen LogP contribution in [0.5, 0.6) is 0 Å². The number of aryl methyl sites for hydroxylation is 4. The first-order valence-electron chi connectivity index (χ1n) is 25.2. The summed E-state index contributed by atoms with van der Waals surface area (Å²) in [7, 11) is 2.21. The predicted molar refractivity (Wildman–Crippen MR) is 315 cm³/mol. The van der Waals surface area contributed by atoms with Crippen LogP contribution in [-0.2, 0) is 23.3 Å². The van der Waals surface area contributed by atoms with Gasteiger partial charge in [0.15, 0.2) is 0 Å². The molecule has 10 aromatic rings. The monoisotopic (exact) mass is 982 g/mol. The molecule has 0 aliphatic carbocycles. The second-order valence-corrected chi connectivity index (χ2v) is 24.2. The van der Waals surface area contributed by atoms with Crippen LogP contribution in [0.25, 0.3) is 31.9 Å². The molecule has 0 aliphatic heterocycles. The molecule has 0 saturated heterocycles. The molecule has 0 N–H and O–H groups in total. The van der Waals surface area contributed by atoms with Gasteiger partial charge in [0.1, 0.15) is 0 Å². The Labute approximate surface area is 436 Å². The van der Waals surface area contributed by atoms with Crippen LogP contribution in [0.2, 0.25) is 5.02 Å². The molecule has 0 saturated carbocycles. The van der Waals surface area contributed by atoms with Gasteiger partial charge >= 0.3 is 0 Å². The van der Waals surface area contributed by atoms with Crippen LogP contribution in [0.3, 0.4) is 0 Å². The van der Waals surface area contributed by atoms with Crippen molar-refractivity contribution in [2.45, 2.75) is 99.3 Å². The van der Waals surface area contributed by atoms with E-state index in [0.717, 1.165) is 73.2 Å². The Kier molecular flexibility index (Phi) is 12.4. The molecule has 364 valence electrons. The summed E-state index contributed by atoms with van der Waals surface area (Å²) in [6.45, 7) is 27.0. The summed E-state index contributed by atoms with van der Waals surface area (Å²) in [6.07, 6.45) is 0. The lowest BCUT2D eigenvalue weighted by Crippen LogP contribution is -2.17. The Morgan fingerprint density at radius 2 is 0.861 bits per heavy atom. The van der Waals surface area contributed by atoms with Crippen LogP contribution in [0.1, 0.15) is 95.7 Å². The summed E-state index contributed by atoms with van der Waals surface area (Å²) in [6, 6.07) is 60.9. The lowest BCUT2D eigenvalue weighted by Gasteiger charge is -2.33.